The number of nitrogens with zero attached hydrogens (tertiary/aromatic N) is 1. The number of aliphatic hydroxyl groups is 1. The molecule has 0 aliphatic rings. The largest absolute Gasteiger partial charge is 0.463 e. The topological polar surface area (TPSA) is 284 Å². The number of carbonyl (C=O) groups excluding carboxylic acids is 9. The monoisotopic (exact) mass is 918 g/mol. The van der Waals surface area contributed by atoms with E-state index in [4.69, 9.17) is 58.0 Å². The van der Waals surface area contributed by atoms with Gasteiger partial charge in [-0.2, -0.15) is 24.4 Å². The SMILES string of the molecule is C=CC(=O)OCCNC(=O)OCCOC(CC)C(C(C)C)C(C)C(=O)OC(C)C.C=CC(=O)OCCOC#N.CCC(OCCO)C(C(C)C)C(C)C(=O)OC(C)C.O=C=O.O=C=O. The Balaban J connectivity index is -0.000000282. The van der Waals surface area contributed by atoms with Crippen LogP contribution >= 0.6 is 0 Å². The van der Waals surface area contributed by atoms with E-state index in [1.165, 1.54) is 6.26 Å². The maximum absolute atomic E-state index is 12.3. The van der Waals surface area contributed by atoms with Crippen LogP contribution in [0, 0.1) is 47.0 Å². The van der Waals surface area contributed by atoms with Crippen LogP contribution in [0.25, 0.3) is 0 Å². The summed E-state index contributed by atoms with van der Waals surface area (Å²) in [7, 11) is 0. The van der Waals surface area contributed by atoms with E-state index in [1.54, 1.807) is 0 Å². The van der Waals surface area contributed by atoms with Crippen LogP contribution in [-0.4, -0.2) is 125 Å². The summed E-state index contributed by atoms with van der Waals surface area (Å²) >= 11 is 0. The summed E-state index contributed by atoms with van der Waals surface area (Å²) < 4.78 is 40.7. The number of carbonyl (C=O) groups is 5. The maximum Gasteiger partial charge on any atom is 0.407 e. The molecule has 0 aliphatic heterocycles. The van der Waals surface area contributed by atoms with Gasteiger partial charge >= 0.3 is 42.3 Å². The lowest BCUT2D eigenvalue weighted by Gasteiger charge is -2.33. The highest BCUT2D eigenvalue weighted by atomic mass is 16.6. The van der Waals surface area contributed by atoms with Crippen LogP contribution < -0.4 is 5.32 Å². The number of hydrogen-bond donors (Lipinski definition) is 2. The zero-order chi connectivity index (χ0) is 50.6. The van der Waals surface area contributed by atoms with Crippen LogP contribution in [0.5, 0.6) is 0 Å². The van der Waals surface area contributed by atoms with Crippen LogP contribution in [0.4, 0.5) is 4.79 Å². The lowest BCUT2D eigenvalue weighted by molar-refractivity contribution is -0.193. The van der Waals surface area contributed by atoms with Gasteiger partial charge in [-0.05, 0) is 52.4 Å². The van der Waals surface area contributed by atoms with E-state index < -0.39 is 18.0 Å². The Hall–Kier alpha value is -5.44. The second-order valence-electron chi connectivity index (χ2n) is 14.5. The normalized spacial score (nSPS) is 12.7. The molecule has 0 aliphatic carbocycles. The summed E-state index contributed by atoms with van der Waals surface area (Å²) in [5, 5.41) is 19.2. The fourth-order valence-corrected chi connectivity index (χ4v) is 5.89. The molecule has 368 valence electrons. The van der Waals surface area contributed by atoms with Crippen molar-refractivity contribution >= 4 is 42.3 Å². The number of aliphatic hydroxyl groups excluding tert-OH is 1. The van der Waals surface area contributed by atoms with Gasteiger partial charge in [-0.15, -0.1) is 0 Å². The summed E-state index contributed by atoms with van der Waals surface area (Å²) in [4.78, 5) is 89.7. The average molecular weight is 919 g/mol. The van der Waals surface area contributed by atoms with Gasteiger partial charge in [0.1, 0.15) is 26.4 Å². The standard InChI is InChI=1S/C21H37NO7.C15H30O4.C6H7NO3.2CO2/c1-8-17(19(14(3)4)16(7)20(24)29-15(5)6)26-12-13-28-21(25)22-10-11-27-18(23)9-2;1-7-13(18-9-8-16)14(10(2)3)12(6)15(17)19-11(4)5;1-2-6(8)10-4-3-9-5-7;2*2-1-3/h9,14-17,19H,2,8,10-13H2,1,3-7H3,(H,22,25);10-14,16H,7-9H2,1-6H3;2H,1,3-4H2;;. The van der Waals surface area contributed by atoms with Crippen molar-refractivity contribution in [2.45, 2.75) is 120 Å². The average Bonchev–Trinajstić information content (AvgIpc) is 3.23. The molecule has 0 bridgehead atoms. The van der Waals surface area contributed by atoms with Crippen molar-refractivity contribution in [2.24, 2.45) is 35.5 Å². The Morgan fingerprint density at radius 1 is 0.609 bits per heavy atom. The third-order valence-corrected chi connectivity index (χ3v) is 8.32. The molecule has 0 saturated heterocycles. The lowest BCUT2D eigenvalue weighted by Crippen LogP contribution is -2.38. The van der Waals surface area contributed by atoms with Gasteiger partial charge in [0, 0.05) is 24.0 Å². The summed E-state index contributed by atoms with van der Waals surface area (Å²) in [6.07, 6.45) is 4.53. The molecule has 64 heavy (non-hydrogen) atoms. The molecule has 0 aromatic rings. The highest BCUT2D eigenvalue weighted by Crippen LogP contribution is 2.31. The molecular weight excluding hydrogens is 844 g/mol. The molecule has 1 amide bonds. The number of esters is 4. The van der Waals surface area contributed by atoms with Gasteiger partial charge in [0.05, 0.1) is 62.6 Å². The Kier molecular flexibility index (Phi) is 48.2. The first-order valence-electron chi connectivity index (χ1n) is 20.9. The molecule has 20 heteroatoms. The zero-order valence-electron chi connectivity index (χ0n) is 39.7. The van der Waals surface area contributed by atoms with Crippen molar-refractivity contribution in [3.8, 4) is 6.26 Å². The molecule has 6 atom stereocenters. The molecular formula is C44H74N2O18. The van der Waals surface area contributed by atoms with Crippen LogP contribution in [0.1, 0.15) is 95.9 Å². The number of hydrogen-bond acceptors (Lipinski definition) is 19. The third-order valence-electron chi connectivity index (χ3n) is 8.32. The molecule has 6 unspecified atom stereocenters. The van der Waals surface area contributed by atoms with Crippen molar-refractivity contribution in [1.82, 2.24) is 5.32 Å². The molecule has 0 radical (unpaired) electrons. The second kappa shape index (κ2) is 45.6. The van der Waals surface area contributed by atoms with Gasteiger partial charge in [0.15, 0.2) is 0 Å². The van der Waals surface area contributed by atoms with Crippen molar-refractivity contribution in [3.05, 3.63) is 25.3 Å². The van der Waals surface area contributed by atoms with Gasteiger partial charge in [-0.3, -0.25) is 9.59 Å². The lowest BCUT2D eigenvalue weighted by atomic mass is 9.79. The predicted octanol–water partition coefficient (Wildman–Crippen LogP) is 4.78. The Bertz CT molecular complexity index is 1370. The second-order valence-corrected chi connectivity index (χ2v) is 14.5. The first-order valence-corrected chi connectivity index (χ1v) is 20.9. The number of nitriles is 1. The maximum atomic E-state index is 12.3. The van der Waals surface area contributed by atoms with E-state index in [9.17, 15) is 24.0 Å². The van der Waals surface area contributed by atoms with Crippen LogP contribution in [0.3, 0.4) is 0 Å². The summed E-state index contributed by atoms with van der Waals surface area (Å²) in [6, 6.07) is 0. The van der Waals surface area contributed by atoms with Crippen LogP contribution in [0.15, 0.2) is 25.3 Å². The number of rotatable bonds is 27. The van der Waals surface area contributed by atoms with Gasteiger partial charge in [-0.1, -0.05) is 68.5 Å². The quantitative estimate of drug-likeness (QED) is 0.0369. The Labute approximate surface area is 378 Å². The Morgan fingerprint density at radius 3 is 1.31 bits per heavy atom. The smallest absolute Gasteiger partial charge is 0.407 e. The van der Waals surface area contributed by atoms with E-state index >= 15 is 0 Å². The highest BCUT2D eigenvalue weighted by molar-refractivity contribution is 5.81. The molecule has 2 N–H and O–H groups in total. The molecule has 0 aromatic heterocycles. The van der Waals surface area contributed by atoms with Gasteiger partial charge in [0.25, 0.3) is 6.26 Å². The molecule has 0 fully saturated rings. The van der Waals surface area contributed by atoms with E-state index in [0.29, 0.717) is 12.5 Å². The van der Waals surface area contributed by atoms with Gasteiger partial charge < -0.3 is 48.3 Å². The molecule has 0 heterocycles. The molecule has 0 rings (SSSR count). The van der Waals surface area contributed by atoms with E-state index in [1.807, 2.05) is 55.4 Å². The van der Waals surface area contributed by atoms with Crippen LogP contribution in [-0.2, 0) is 76.3 Å². The predicted molar refractivity (Wildman–Crippen MR) is 228 cm³/mol. The molecule has 0 aromatic carbocycles. The van der Waals surface area contributed by atoms with E-state index in [-0.39, 0.29) is 124 Å². The van der Waals surface area contributed by atoms with E-state index in [2.05, 4.69) is 55.6 Å². The molecule has 0 saturated carbocycles. The first kappa shape index (κ1) is 67.6. The Morgan fingerprint density at radius 2 is 0.984 bits per heavy atom. The number of ether oxygens (including phenoxy) is 8. The minimum atomic E-state index is -0.620. The summed E-state index contributed by atoms with van der Waals surface area (Å²) in [5.41, 5.74) is 0. The van der Waals surface area contributed by atoms with Gasteiger partial charge in [0.2, 0.25) is 0 Å². The zero-order valence-corrected chi connectivity index (χ0v) is 39.7. The van der Waals surface area contributed by atoms with Crippen molar-refractivity contribution in [1.29, 1.82) is 5.26 Å². The molecule has 0 spiro atoms. The third kappa shape index (κ3) is 39.4. The van der Waals surface area contributed by atoms with E-state index in [0.717, 1.165) is 25.0 Å². The highest BCUT2D eigenvalue weighted by Gasteiger charge is 2.35. The van der Waals surface area contributed by atoms with Crippen molar-refractivity contribution in [3.63, 3.8) is 0 Å². The fourth-order valence-electron chi connectivity index (χ4n) is 5.89. The number of amides is 1. The van der Waals surface area contributed by atoms with Crippen LogP contribution in [0.2, 0.25) is 0 Å². The minimum Gasteiger partial charge on any atom is -0.463 e. The number of nitrogens with one attached hydrogen (secondary N) is 1. The summed E-state index contributed by atoms with van der Waals surface area (Å²) in [5.74, 6) is -1.34. The number of alkyl carbamates (subject to hydrolysis) is 1. The van der Waals surface area contributed by atoms with Gasteiger partial charge in [-0.25, -0.2) is 14.4 Å². The first-order chi connectivity index (χ1) is 30.1. The molecule has 20 nitrogen and oxygen atoms in total. The van der Waals surface area contributed by atoms with Crippen molar-refractivity contribution in [2.75, 3.05) is 52.8 Å². The fraction of sp³-hybridized carbons (Fsp3) is 0.727. The summed E-state index contributed by atoms with van der Waals surface area (Å²) in [6.45, 7) is 30.9. The van der Waals surface area contributed by atoms with Crippen molar-refractivity contribution < 1.29 is 86.2 Å². The minimum absolute atomic E-state index is 0.00609.